The lowest BCUT2D eigenvalue weighted by molar-refractivity contribution is -0.126. The second-order valence-electron chi connectivity index (χ2n) is 7.64. The Kier molecular flexibility index (Phi) is 6.04. The Labute approximate surface area is 187 Å². The molecule has 1 amide bonds. The highest BCUT2D eigenvalue weighted by Gasteiger charge is 2.22. The van der Waals surface area contributed by atoms with Crippen molar-refractivity contribution in [1.29, 1.82) is 0 Å². The van der Waals surface area contributed by atoms with Gasteiger partial charge in [0.25, 0.3) is 0 Å². The van der Waals surface area contributed by atoms with E-state index >= 15 is 0 Å². The van der Waals surface area contributed by atoms with Gasteiger partial charge >= 0.3 is 0 Å². The molecule has 3 heterocycles. The normalized spacial score (nSPS) is 14.5. The summed E-state index contributed by atoms with van der Waals surface area (Å²) in [5.41, 5.74) is 2.82. The van der Waals surface area contributed by atoms with Crippen LogP contribution < -0.4 is 4.90 Å². The summed E-state index contributed by atoms with van der Waals surface area (Å²) < 4.78 is 1.84. The molecule has 8 heteroatoms. The van der Waals surface area contributed by atoms with Crippen molar-refractivity contribution in [3.8, 4) is 5.82 Å². The van der Waals surface area contributed by atoms with Gasteiger partial charge in [-0.05, 0) is 44.5 Å². The molecule has 1 saturated heterocycles. The lowest BCUT2D eigenvalue weighted by atomic mass is 10.2. The Morgan fingerprint density at radius 1 is 1.00 bits per heavy atom. The number of rotatable bonds is 4. The predicted molar refractivity (Wildman–Crippen MR) is 123 cm³/mol. The van der Waals surface area contributed by atoms with Crippen LogP contribution in [0.1, 0.15) is 22.8 Å². The molecule has 0 spiro atoms. The van der Waals surface area contributed by atoms with Crippen LogP contribution in [-0.4, -0.2) is 56.7 Å². The fourth-order valence-corrected chi connectivity index (χ4v) is 3.90. The van der Waals surface area contributed by atoms with Crippen molar-refractivity contribution in [2.45, 2.75) is 20.8 Å². The molecular weight excluding hydrogens is 412 g/mol. The largest absolute Gasteiger partial charge is 0.353 e. The Hall–Kier alpha value is -3.19. The fraction of sp³-hybridized carbons (Fsp3) is 0.304. The third-order valence-electron chi connectivity index (χ3n) is 5.26. The van der Waals surface area contributed by atoms with E-state index in [1.807, 2.05) is 66.8 Å². The van der Waals surface area contributed by atoms with Crippen molar-refractivity contribution in [2.24, 2.45) is 0 Å². The average Bonchev–Trinajstić information content (AvgIpc) is 3.10. The minimum Gasteiger partial charge on any atom is -0.353 e. The summed E-state index contributed by atoms with van der Waals surface area (Å²) in [5, 5.41) is 5.17. The van der Waals surface area contributed by atoms with Crippen molar-refractivity contribution in [3.63, 3.8) is 0 Å². The van der Waals surface area contributed by atoms with Gasteiger partial charge in [0.2, 0.25) is 5.91 Å². The maximum Gasteiger partial charge on any atom is 0.246 e. The molecule has 0 atom stereocenters. The van der Waals surface area contributed by atoms with E-state index in [1.165, 1.54) is 0 Å². The zero-order valence-corrected chi connectivity index (χ0v) is 18.7. The molecule has 1 fully saturated rings. The number of hydrogen-bond donors (Lipinski definition) is 0. The summed E-state index contributed by atoms with van der Waals surface area (Å²) in [6.07, 6.45) is 3.36. The quantitative estimate of drug-likeness (QED) is 0.584. The Morgan fingerprint density at radius 3 is 2.39 bits per heavy atom. The van der Waals surface area contributed by atoms with E-state index in [9.17, 15) is 4.79 Å². The second kappa shape index (κ2) is 8.89. The highest BCUT2D eigenvalue weighted by Crippen LogP contribution is 2.20. The van der Waals surface area contributed by atoms with Gasteiger partial charge in [-0.2, -0.15) is 5.10 Å². The van der Waals surface area contributed by atoms with Gasteiger partial charge in [-0.3, -0.25) is 4.79 Å². The third-order valence-corrected chi connectivity index (χ3v) is 5.61. The number of anilines is 1. The maximum atomic E-state index is 12.6. The van der Waals surface area contributed by atoms with Crippen molar-refractivity contribution in [3.05, 3.63) is 70.3 Å². The van der Waals surface area contributed by atoms with E-state index in [0.29, 0.717) is 37.0 Å². The topological polar surface area (TPSA) is 67.2 Å². The lowest BCUT2D eigenvalue weighted by Crippen LogP contribution is -2.48. The number of carbonyl (C=O) groups is 1. The lowest BCUT2D eigenvalue weighted by Gasteiger charge is -2.35. The van der Waals surface area contributed by atoms with E-state index in [-0.39, 0.29) is 5.91 Å². The van der Waals surface area contributed by atoms with Gasteiger partial charge in [0.15, 0.2) is 5.82 Å². The van der Waals surface area contributed by atoms with Gasteiger partial charge in [0, 0.05) is 49.0 Å². The van der Waals surface area contributed by atoms with Crippen LogP contribution >= 0.6 is 11.6 Å². The first-order valence-electron chi connectivity index (χ1n) is 10.3. The van der Waals surface area contributed by atoms with E-state index in [2.05, 4.69) is 20.0 Å². The highest BCUT2D eigenvalue weighted by molar-refractivity contribution is 6.32. The number of benzene rings is 1. The molecule has 7 nitrogen and oxygen atoms in total. The van der Waals surface area contributed by atoms with E-state index in [0.717, 1.165) is 28.6 Å². The van der Waals surface area contributed by atoms with E-state index < -0.39 is 0 Å². The zero-order valence-electron chi connectivity index (χ0n) is 17.9. The maximum absolute atomic E-state index is 12.6. The fourth-order valence-electron chi connectivity index (χ4n) is 3.70. The number of piperazine rings is 1. The summed E-state index contributed by atoms with van der Waals surface area (Å²) >= 11 is 6.16. The van der Waals surface area contributed by atoms with Crippen LogP contribution in [-0.2, 0) is 4.79 Å². The number of halogens is 1. The van der Waals surface area contributed by atoms with Crippen LogP contribution in [0.4, 0.5) is 5.82 Å². The van der Waals surface area contributed by atoms with Gasteiger partial charge in [-0.25, -0.2) is 14.6 Å². The molecule has 160 valence electrons. The van der Waals surface area contributed by atoms with Gasteiger partial charge in [-0.15, -0.1) is 0 Å². The number of hydrogen-bond acceptors (Lipinski definition) is 5. The molecule has 2 aromatic heterocycles. The van der Waals surface area contributed by atoms with Crippen LogP contribution in [0.2, 0.25) is 5.02 Å². The molecule has 3 aromatic rings. The summed E-state index contributed by atoms with van der Waals surface area (Å²) in [6, 6.07) is 11.5. The Morgan fingerprint density at radius 2 is 1.71 bits per heavy atom. The highest BCUT2D eigenvalue weighted by atomic mass is 35.5. The van der Waals surface area contributed by atoms with Crippen LogP contribution in [0.5, 0.6) is 0 Å². The Bertz CT molecular complexity index is 1130. The molecule has 0 bridgehead atoms. The second-order valence-corrected chi connectivity index (χ2v) is 8.04. The van der Waals surface area contributed by atoms with Crippen LogP contribution in [0.15, 0.2) is 42.5 Å². The molecular formula is C23H25ClN6O. The van der Waals surface area contributed by atoms with Crippen molar-refractivity contribution in [1.82, 2.24) is 24.6 Å². The van der Waals surface area contributed by atoms with Crippen LogP contribution in [0, 0.1) is 20.8 Å². The summed E-state index contributed by atoms with van der Waals surface area (Å²) in [7, 11) is 0. The molecule has 31 heavy (non-hydrogen) atoms. The first kappa shape index (κ1) is 21.1. The SMILES string of the molecule is Cc1cc(C)n(-c2cc(N3CCN(C(=O)/C=C/c4ccccc4Cl)CC3)nc(C)n2)n1. The van der Waals surface area contributed by atoms with Gasteiger partial charge in [-0.1, -0.05) is 29.8 Å². The minimum atomic E-state index is -0.0123. The number of amides is 1. The molecule has 0 unspecified atom stereocenters. The standard InChI is InChI=1S/C23H25ClN6O/c1-16-14-17(2)30(27-16)22-15-21(25-18(3)26-22)28-10-12-29(13-11-28)23(31)9-8-19-6-4-5-7-20(19)24/h4-9,14-15H,10-13H2,1-3H3/b9-8+. The van der Waals surface area contributed by atoms with Crippen LogP contribution in [0.3, 0.4) is 0 Å². The molecule has 0 N–H and O–H groups in total. The number of nitrogens with zero attached hydrogens (tertiary/aromatic N) is 6. The minimum absolute atomic E-state index is 0.0123. The Balaban J connectivity index is 1.43. The van der Waals surface area contributed by atoms with E-state index in [4.69, 9.17) is 11.6 Å². The zero-order chi connectivity index (χ0) is 22.0. The number of aromatic nitrogens is 4. The van der Waals surface area contributed by atoms with Gasteiger partial charge in [0.05, 0.1) is 5.69 Å². The molecule has 0 radical (unpaired) electrons. The average molecular weight is 437 g/mol. The first-order chi connectivity index (χ1) is 14.9. The number of aryl methyl sites for hydroxylation is 3. The van der Waals surface area contributed by atoms with Gasteiger partial charge < -0.3 is 9.80 Å². The van der Waals surface area contributed by atoms with Crippen LogP contribution in [0.25, 0.3) is 11.9 Å². The molecule has 0 saturated carbocycles. The monoisotopic (exact) mass is 436 g/mol. The smallest absolute Gasteiger partial charge is 0.246 e. The molecule has 0 aliphatic carbocycles. The first-order valence-corrected chi connectivity index (χ1v) is 10.6. The summed E-state index contributed by atoms with van der Waals surface area (Å²) in [5.74, 6) is 2.30. The van der Waals surface area contributed by atoms with Crippen molar-refractivity contribution < 1.29 is 4.79 Å². The third kappa shape index (κ3) is 4.77. The summed E-state index contributed by atoms with van der Waals surface area (Å²) in [4.78, 5) is 25.8. The van der Waals surface area contributed by atoms with Crippen molar-refractivity contribution in [2.75, 3.05) is 31.1 Å². The number of carbonyl (C=O) groups excluding carboxylic acids is 1. The predicted octanol–water partition coefficient (Wildman–Crippen LogP) is 3.60. The van der Waals surface area contributed by atoms with E-state index in [1.54, 1.807) is 12.2 Å². The molecule has 1 aliphatic heterocycles. The molecule has 1 aromatic carbocycles. The van der Waals surface area contributed by atoms with Gasteiger partial charge in [0.1, 0.15) is 11.6 Å². The van der Waals surface area contributed by atoms with Crippen molar-refractivity contribution >= 4 is 29.4 Å². The summed E-state index contributed by atoms with van der Waals surface area (Å²) in [6.45, 7) is 8.54. The molecule has 4 rings (SSSR count). The molecule has 1 aliphatic rings.